The molecule has 1 aromatic rings. The van der Waals surface area contributed by atoms with Crippen molar-refractivity contribution in [1.82, 2.24) is 4.31 Å². The standard InChI is InChI=1S/C13H17Cl2FN2O3S/c1-21-9-4-5-18(8(6-9)7-17)22(19,20)11-3-2-10(14)13(16)12(11)15/h2-3,8-9H,4-7,17H2,1H3. The molecule has 0 bridgehead atoms. The summed E-state index contributed by atoms with van der Waals surface area (Å²) in [5.74, 6) is -0.944. The van der Waals surface area contributed by atoms with Gasteiger partial charge in [0.05, 0.1) is 16.1 Å². The Bertz CT molecular complexity index is 657. The molecule has 2 rings (SSSR count). The molecule has 9 heteroatoms. The molecule has 1 aromatic carbocycles. The van der Waals surface area contributed by atoms with Crippen LogP contribution in [-0.2, 0) is 14.8 Å². The van der Waals surface area contributed by atoms with Crippen molar-refractivity contribution >= 4 is 33.2 Å². The van der Waals surface area contributed by atoms with Gasteiger partial charge in [0.15, 0.2) is 5.82 Å². The molecule has 0 aliphatic carbocycles. The molecule has 1 aliphatic rings. The van der Waals surface area contributed by atoms with Crippen LogP contribution in [0.15, 0.2) is 17.0 Å². The molecule has 2 atom stereocenters. The van der Waals surface area contributed by atoms with Crippen molar-refractivity contribution in [2.75, 3.05) is 20.2 Å². The van der Waals surface area contributed by atoms with Crippen molar-refractivity contribution < 1.29 is 17.5 Å². The van der Waals surface area contributed by atoms with Gasteiger partial charge in [-0.15, -0.1) is 0 Å². The average molecular weight is 371 g/mol. The Kier molecular flexibility index (Phi) is 5.68. The first-order chi connectivity index (χ1) is 10.3. The summed E-state index contributed by atoms with van der Waals surface area (Å²) in [6.07, 6.45) is 0.984. The molecule has 124 valence electrons. The van der Waals surface area contributed by atoms with E-state index in [9.17, 15) is 12.8 Å². The molecule has 1 aliphatic heterocycles. The summed E-state index contributed by atoms with van der Waals surface area (Å²) in [4.78, 5) is -0.301. The fraction of sp³-hybridized carbons (Fsp3) is 0.538. The number of sulfonamides is 1. The van der Waals surface area contributed by atoms with E-state index >= 15 is 0 Å². The number of nitrogens with two attached hydrogens (primary N) is 1. The molecule has 22 heavy (non-hydrogen) atoms. The number of hydrogen-bond acceptors (Lipinski definition) is 4. The van der Waals surface area contributed by atoms with E-state index in [1.807, 2.05) is 0 Å². The number of piperidine rings is 1. The third-order valence-electron chi connectivity index (χ3n) is 3.81. The van der Waals surface area contributed by atoms with Gasteiger partial charge in [-0.2, -0.15) is 4.31 Å². The topological polar surface area (TPSA) is 72.6 Å². The van der Waals surface area contributed by atoms with E-state index in [-0.39, 0.29) is 29.1 Å². The predicted molar refractivity (Wildman–Crippen MR) is 83.2 cm³/mol. The lowest BCUT2D eigenvalue weighted by Gasteiger charge is -2.37. The minimum atomic E-state index is -3.96. The first-order valence-electron chi connectivity index (χ1n) is 6.71. The third-order valence-corrected chi connectivity index (χ3v) is 6.57. The van der Waals surface area contributed by atoms with Crippen LogP contribution in [0.25, 0.3) is 0 Å². The normalized spacial score (nSPS) is 23.7. The van der Waals surface area contributed by atoms with Crippen LogP contribution in [0.3, 0.4) is 0 Å². The van der Waals surface area contributed by atoms with Gasteiger partial charge in [0.2, 0.25) is 10.0 Å². The molecule has 2 N–H and O–H groups in total. The highest BCUT2D eigenvalue weighted by atomic mass is 35.5. The molecule has 0 radical (unpaired) electrons. The van der Waals surface area contributed by atoms with Crippen LogP contribution in [0.5, 0.6) is 0 Å². The largest absolute Gasteiger partial charge is 0.381 e. The van der Waals surface area contributed by atoms with Crippen LogP contribution >= 0.6 is 23.2 Å². The highest BCUT2D eigenvalue weighted by Crippen LogP contribution is 2.33. The minimum absolute atomic E-state index is 0.0441. The van der Waals surface area contributed by atoms with Gasteiger partial charge in [0, 0.05) is 26.2 Å². The molecule has 1 fully saturated rings. The molecule has 0 amide bonds. The van der Waals surface area contributed by atoms with Gasteiger partial charge in [0.1, 0.15) is 4.90 Å². The SMILES string of the molecule is COC1CCN(S(=O)(=O)c2ccc(Cl)c(F)c2Cl)C(CN)C1. The zero-order valence-corrected chi connectivity index (χ0v) is 14.3. The second-order valence-electron chi connectivity index (χ2n) is 5.06. The Morgan fingerprint density at radius 3 is 2.73 bits per heavy atom. The van der Waals surface area contributed by atoms with Gasteiger partial charge in [-0.05, 0) is 25.0 Å². The maximum absolute atomic E-state index is 13.8. The first-order valence-corrected chi connectivity index (χ1v) is 8.90. The van der Waals surface area contributed by atoms with Crippen molar-refractivity contribution in [1.29, 1.82) is 0 Å². The van der Waals surface area contributed by atoms with E-state index in [0.29, 0.717) is 12.8 Å². The highest BCUT2D eigenvalue weighted by molar-refractivity contribution is 7.89. The molecule has 5 nitrogen and oxygen atoms in total. The van der Waals surface area contributed by atoms with Gasteiger partial charge in [-0.3, -0.25) is 0 Å². The lowest BCUT2D eigenvalue weighted by Crippen LogP contribution is -2.51. The maximum atomic E-state index is 13.8. The summed E-state index contributed by atoms with van der Waals surface area (Å²) in [5, 5.41) is -0.727. The predicted octanol–water partition coefficient (Wildman–Crippen LogP) is 2.26. The van der Waals surface area contributed by atoms with Gasteiger partial charge in [-0.1, -0.05) is 23.2 Å². The number of hydrogen-bond donors (Lipinski definition) is 1. The molecule has 1 heterocycles. The fourth-order valence-electron chi connectivity index (χ4n) is 2.57. The molecule has 0 saturated carbocycles. The lowest BCUT2D eigenvalue weighted by atomic mass is 10.0. The van der Waals surface area contributed by atoms with Crippen LogP contribution in [0, 0.1) is 5.82 Å². The van der Waals surface area contributed by atoms with Crippen molar-refractivity contribution in [3.05, 3.63) is 28.0 Å². The molecular weight excluding hydrogens is 354 g/mol. The van der Waals surface area contributed by atoms with Crippen LogP contribution in [-0.4, -0.2) is 45.1 Å². The van der Waals surface area contributed by atoms with E-state index in [4.69, 9.17) is 33.7 Å². The van der Waals surface area contributed by atoms with Gasteiger partial charge < -0.3 is 10.5 Å². The number of ether oxygens (including phenoxy) is 1. The number of rotatable bonds is 4. The van der Waals surface area contributed by atoms with Gasteiger partial charge >= 0.3 is 0 Å². The number of nitrogens with zero attached hydrogens (tertiary/aromatic N) is 1. The summed E-state index contributed by atoms with van der Waals surface area (Å²) < 4.78 is 45.9. The monoisotopic (exact) mass is 370 g/mol. The second kappa shape index (κ2) is 6.98. The smallest absolute Gasteiger partial charge is 0.244 e. The molecule has 0 spiro atoms. The van der Waals surface area contributed by atoms with Crippen LogP contribution in [0.4, 0.5) is 4.39 Å². The summed E-state index contributed by atoms with van der Waals surface area (Å²) in [5.41, 5.74) is 5.69. The van der Waals surface area contributed by atoms with E-state index in [2.05, 4.69) is 0 Å². The van der Waals surface area contributed by atoms with E-state index in [1.165, 1.54) is 16.4 Å². The van der Waals surface area contributed by atoms with E-state index in [0.717, 1.165) is 0 Å². The minimum Gasteiger partial charge on any atom is -0.381 e. The summed E-state index contributed by atoms with van der Waals surface area (Å²) >= 11 is 11.4. The average Bonchev–Trinajstić information content (AvgIpc) is 2.51. The fourth-order valence-corrected chi connectivity index (χ4v) is 4.95. The lowest BCUT2D eigenvalue weighted by molar-refractivity contribution is 0.0401. The summed E-state index contributed by atoms with van der Waals surface area (Å²) in [7, 11) is -2.38. The van der Waals surface area contributed by atoms with E-state index < -0.39 is 26.9 Å². The third kappa shape index (κ3) is 3.25. The summed E-state index contributed by atoms with van der Waals surface area (Å²) in [6, 6.07) is 1.96. The van der Waals surface area contributed by atoms with E-state index in [1.54, 1.807) is 7.11 Å². The zero-order chi connectivity index (χ0) is 16.5. The number of benzene rings is 1. The number of halogens is 3. The highest BCUT2D eigenvalue weighted by Gasteiger charge is 2.37. The van der Waals surface area contributed by atoms with Gasteiger partial charge in [0.25, 0.3) is 0 Å². The Labute approximate surface area is 139 Å². The Morgan fingerprint density at radius 1 is 1.45 bits per heavy atom. The number of methoxy groups -OCH3 is 1. The Hall–Kier alpha value is -0.440. The Balaban J connectivity index is 2.40. The van der Waals surface area contributed by atoms with Crippen molar-refractivity contribution in [2.45, 2.75) is 29.9 Å². The molecule has 2 unspecified atom stereocenters. The van der Waals surface area contributed by atoms with Crippen LogP contribution < -0.4 is 5.73 Å². The zero-order valence-electron chi connectivity index (χ0n) is 11.9. The van der Waals surface area contributed by atoms with Gasteiger partial charge in [-0.25, -0.2) is 12.8 Å². The maximum Gasteiger partial charge on any atom is 0.244 e. The van der Waals surface area contributed by atoms with Crippen molar-refractivity contribution in [3.63, 3.8) is 0 Å². The summed E-state index contributed by atoms with van der Waals surface area (Å²) in [6.45, 7) is 0.385. The second-order valence-corrected chi connectivity index (χ2v) is 7.70. The Morgan fingerprint density at radius 2 is 2.14 bits per heavy atom. The molecular formula is C13H17Cl2FN2O3S. The van der Waals surface area contributed by atoms with Crippen LogP contribution in [0.2, 0.25) is 10.0 Å². The van der Waals surface area contributed by atoms with Crippen LogP contribution in [0.1, 0.15) is 12.8 Å². The van der Waals surface area contributed by atoms with Crippen molar-refractivity contribution in [2.24, 2.45) is 5.73 Å². The molecule has 0 aromatic heterocycles. The van der Waals surface area contributed by atoms with Crippen molar-refractivity contribution in [3.8, 4) is 0 Å². The molecule has 1 saturated heterocycles. The first kappa shape index (κ1) is 17.9. The quantitative estimate of drug-likeness (QED) is 0.825.